The summed E-state index contributed by atoms with van der Waals surface area (Å²) in [6.07, 6.45) is 1.91. The van der Waals surface area contributed by atoms with Crippen LogP contribution in [-0.2, 0) is 7.05 Å². The van der Waals surface area contributed by atoms with Gasteiger partial charge in [-0.25, -0.2) is 0 Å². The van der Waals surface area contributed by atoms with Crippen LogP contribution in [0, 0.1) is 13.8 Å². The van der Waals surface area contributed by atoms with Crippen molar-refractivity contribution in [2.75, 3.05) is 5.32 Å². The number of anilines is 2. The SMILES string of the molecule is Cc1ccc(Nc2cn(C)nc2C)nn1. The molecule has 0 radical (unpaired) electrons. The monoisotopic (exact) mass is 203 g/mol. The molecule has 2 heterocycles. The fourth-order valence-corrected chi connectivity index (χ4v) is 1.33. The number of hydrogen-bond acceptors (Lipinski definition) is 4. The second-order valence-electron chi connectivity index (χ2n) is 3.49. The minimum absolute atomic E-state index is 0.733. The molecule has 0 aliphatic heterocycles. The van der Waals surface area contributed by atoms with Crippen molar-refractivity contribution < 1.29 is 0 Å². The summed E-state index contributed by atoms with van der Waals surface area (Å²) in [6.45, 7) is 3.86. The maximum Gasteiger partial charge on any atom is 0.153 e. The Labute approximate surface area is 88.1 Å². The molecule has 0 bridgehead atoms. The van der Waals surface area contributed by atoms with E-state index in [0.717, 1.165) is 22.9 Å². The highest BCUT2D eigenvalue weighted by Gasteiger charge is 2.03. The molecular formula is C10H13N5. The molecule has 1 N–H and O–H groups in total. The summed E-state index contributed by atoms with van der Waals surface area (Å²) >= 11 is 0. The van der Waals surface area contributed by atoms with E-state index in [2.05, 4.69) is 20.6 Å². The van der Waals surface area contributed by atoms with E-state index in [1.165, 1.54) is 0 Å². The Kier molecular flexibility index (Phi) is 2.37. The largest absolute Gasteiger partial charge is 0.336 e. The first-order valence-corrected chi connectivity index (χ1v) is 4.73. The fourth-order valence-electron chi connectivity index (χ4n) is 1.33. The van der Waals surface area contributed by atoms with Gasteiger partial charge in [0.1, 0.15) is 0 Å². The summed E-state index contributed by atoms with van der Waals surface area (Å²) < 4.78 is 1.76. The first-order chi connectivity index (χ1) is 7.15. The Hall–Kier alpha value is -1.91. The molecular weight excluding hydrogens is 190 g/mol. The number of aromatic nitrogens is 4. The highest BCUT2D eigenvalue weighted by molar-refractivity contribution is 5.56. The lowest BCUT2D eigenvalue weighted by Crippen LogP contribution is -1.96. The lowest BCUT2D eigenvalue weighted by molar-refractivity contribution is 0.756. The number of hydrogen-bond donors (Lipinski definition) is 1. The van der Waals surface area contributed by atoms with E-state index in [-0.39, 0.29) is 0 Å². The number of rotatable bonds is 2. The van der Waals surface area contributed by atoms with Gasteiger partial charge in [-0.2, -0.15) is 10.2 Å². The molecule has 5 heteroatoms. The van der Waals surface area contributed by atoms with Gasteiger partial charge in [-0.15, -0.1) is 5.10 Å². The highest BCUT2D eigenvalue weighted by Crippen LogP contribution is 2.16. The van der Waals surface area contributed by atoms with Crippen molar-refractivity contribution in [2.24, 2.45) is 7.05 Å². The van der Waals surface area contributed by atoms with Crippen LogP contribution in [0.15, 0.2) is 18.3 Å². The van der Waals surface area contributed by atoms with Gasteiger partial charge in [-0.3, -0.25) is 4.68 Å². The zero-order valence-corrected chi connectivity index (χ0v) is 9.02. The van der Waals surface area contributed by atoms with Gasteiger partial charge >= 0.3 is 0 Å². The van der Waals surface area contributed by atoms with Crippen molar-refractivity contribution in [1.82, 2.24) is 20.0 Å². The van der Waals surface area contributed by atoms with Crippen LogP contribution in [0.3, 0.4) is 0 Å². The highest BCUT2D eigenvalue weighted by atomic mass is 15.3. The average molecular weight is 203 g/mol. The van der Waals surface area contributed by atoms with Crippen molar-refractivity contribution in [3.63, 3.8) is 0 Å². The van der Waals surface area contributed by atoms with Crippen LogP contribution in [0.1, 0.15) is 11.4 Å². The quantitative estimate of drug-likeness (QED) is 0.805. The predicted octanol–water partition coefficient (Wildman–Crippen LogP) is 1.57. The van der Waals surface area contributed by atoms with E-state index >= 15 is 0 Å². The number of nitrogens with zero attached hydrogens (tertiary/aromatic N) is 4. The van der Waals surface area contributed by atoms with Crippen LogP contribution in [0.5, 0.6) is 0 Å². The topological polar surface area (TPSA) is 55.6 Å². The maximum absolute atomic E-state index is 4.23. The van der Waals surface area contributed by atoms with Gasteiger partial charge in [0.15, 0.2) is 5.82 Å². The standard InChI is InChI=1S/C10H13N5/c1-7-4-5-10(13-12-7)11-9-6-15(3)14-8(9)2/h4-6H,1-3H3,(H,11,13). The molecule has 0 aromatic carbocycles. The molecule has 0 unspecified atom stereocenters. The van der Waals surface area contributed by atoms with Gasteiger partial charge < -0.3 is 5.32 Å². The summed E-state index contributed by atoms with van der Waals surface area (Å²) in [7, 11) is 1.89. The van der Waals surface area contributed by atoms with E-state index in [1.807, 2.05) is 39.2 Å². The summed E-state index contributed by atoms with van der Waals surface area (Å²) in [5.41, 5.74) is 2.80. The Bertz CT molecular complexity index is 457. The Morgan fingerprint density at radius 3 is 2.53 bits per heavy atom. The van der Waals surface area contributed by atoms with Gasteiger partial charge in [0.25, 0.3) is 0 Å². The second-order valence-corrected chi connectivity index (χ2v) is 3.49. The fraction of sp³-hybridized carbons (Fsp3) is 0.300. The van der Waals surface area contributed by atoms with Gasteiger partial charge in [-0.1, -0.05) is 0 Å². The number of nitrogens with one attached hydrogen (secondary N) is 1. The molecule has 0 spiro atoms. The lowest BCUT2D eigenvalue weighted by atomic mass is 10.4. The first kappa shape index (κ1) is 9.64. The summed E-state index contributed by atoms with van der Waals surface area (Å²) in [5.74, 6) is 0.733. The van der Waals surface area contributed by atoms with E-state index in [4.69, 9.17) is 0 Å². The van der Waals surface area contributed by atoms with Crippen LogP contribution in [0.4, 0.5) is 11.5 Å². The van der Waals surface area contributed by atoms with Crippen LogP contribution in [-0.4, -0.2) is 20.0 Å². The average Bonchev–Trinajstić information content (AvgIpc) is 2.49. The molecule has 0 saturated carbocycles. The third kappa shape index (κ3) is 2.12. The van der Waals surface area contributed by atoms with Gasteiger partial charge in [0.05, 0.1) is 17.1 Å². The summed E-state index contributed by atoms with van der Waals surface area (Å²) in [4.78, 5) is 0. The van der Waals surface area contributed by atoms with E-state index in [1.54, 1.807) is 4.68 Å². The van der Waals surface area contributed by atoms with Crippen molar-refractivity contribution in [3.05, 3.63) is 29.7 Å². The summed E-state index contributed by atoms with van der Waals surface area (Å²) in [6, 6.07) is 3.82. The molecule has 78 valence electrons. The van der Waals surface area contributed by atoms with Crippen LogP contribution < -0.4 is 5.32 Å². The van der Waals surface area contributed by atoms with E-state index < -0.39 is 0 Å². The zero-order valence-electron chi connectivity index (χ0n) is 9.02. The van der Waals surface area contributed by atoms with Crippen LogP contribution in [0.25, 0.3) is 0 Å². The third-order valence-electron chi connectivity index (χ3n) is 2.07. The summed E-state index contributed by atoms with van der Waals surface area (Å²) in [5, 5.41) is 15.4. The molecule has 0 aliphatic carbocycles. The maximum atomic E-state index is 4.23. The van der Waals surface area contributed by atoms with Crippen molar-refractivity contribution in [1.29, 1.82) is 0 Å². The molecule has 0 fully saturated rings. The number of aryl methyl sites for hydroxylation is 3. The molecule has 0 aliphatic rings. The molecule has 15 heavy (non-hydrogen) atoms. The molecule has 0 saturated heterocycles. The van der Waals surface area contributed by atoms with E-state index in [0.29, 0.717) is 0 Å². The molecule has 5 nitrogen and oxygen atoms in total. The predicted molar refractivity (Wildman–Crippen MR) is 58.0 cm³/mol. The molecule has 2 aromatic rings. The van der Waals surface area contributed by atoms with Crippen molar-refractivity contribution in [3.8, 4) is 0 Å². The minimum Gasteiger partial charge on any atom is -0.336 e. The van der Waals surface area contributed by atoms with Crippen LogP contribution in [0.2, 0.25) is 0 Å². The van der Waals surface area contributed by atoms with E-state index in [9.17, 15) is 0 Å². The van der Waals surface area contributed by atoms with Gasteiger partial charge in [0.2, 0.25) is 0 Å². The Morgan fingerprint density at radius 1 is 1.20 bits per heavy atom. The molecule has 0 atom stereocenters. The first-order valence-electron chi connectivity index (χ1n) is 4.73. The zero-order chi connectivity index (χ0) is 10.8. The van der Waals surface area contributed by atoms with Gasteiger partial charge in [0, 0.05) is 13.2 Å². The Balaban J connectivity index is 2.21. The van der Waals surface area contributed by atoms with Crippen molar-refractivity contribution in [2.45, 2.75) is 13.8 Å². The van der Waals surface area contributed by atoms with Crippen LogP contribution >= 0.6 is 0 Å². The van der Waals surface area contributed by atoms with Crippen molar-refractivity contribution >= 4 is 11.5 Å². The van der Waals surface area contributed by atoms with Gasteiger partial charge in [-0.05, 0) is 26.0 Å². The minimum atomic E-state index is 0.733. The smallest absolute Gasteiger partial charge is 0.153 e. The second kappa shape index (κ2) is 3.68. The third-order valence-corrected chi connectivity index (χ3v) is 2.07. The Morgan fingerprint density at radius 2 is 2.00 bits per heavy atom. The molecule has 0 amide bonds. The molecule has 2 aromatic heterocycles. The normalized spacial score (nSPS) is 10.3. The lowest BCUT2D eigenvalue weighted by Gasteiger charge is -2.02. The molecule has 2 rings (SSSR count).